The van der Waals surface area contributed by atoms with E-state index in [1.807, 2.05) is 6.82 Å². The summed E-state index contributed by atoms with van der Waals surface area (Å²) in [6, 6.07) is 0. The van der Waals surface area contributed by atoms with Gasteiger partial charge in [0.2, 0.25) is 0 Å². The molecular formula is C10H19BN2O. The predicted octanol–water partition coefficient (Wildman–Crippen LogP) is 0.686. The molecule has 2 heterocycles. The van der Waals surface area contributed by atoms with Gasteiger partial charge in [-0.25, -0.2) is 0 Å². The Morgan fingerprint density at radius 2 is 2.07 bits per heavy atom. The summed E-state index contributed by atoms with van der Waals surface area (Å²) in [5, 5.41) is 12.7. The van der Waals surface area contributed by atoms with Gasteiger partial charge in [0.25, 0.3) is 0 Å². The zero-order chi connectivity index (χ0) is 10.0. The molecule has 14 heavy (non-hydrogen) atoms. The van der Waals surface area contributed by atoms with Gasteiger partial charge in [-0.05, 0) is 50.8 Å². The lowest BCUT2D eigenvalue weighted by Gasteiger charge is -2.42. The Hall–Kier alpha value is -0.475. The molecule has 1 fully saturated rings. The normalized spacial score (nSPS) is 26.1. The van der Waals surface area contributed by atoms with E-state index in [9.17, 15) is 5.02 Å². The minimum atomic E-state index is -0.280. The van der Waals surface area contributed by atoms with E-state index in [-0.39, 0.29) is 7.05 Å². The number of piperidine rings is 1. The second-order valence-corrected chi connectivity index (χ2v) is 4.57. The van der Waals surface area contributed by atoms with Crippen molar-refractivity contribution in [2.45, 2.75) is 26.1 Å². The number of hydrogen-bond donors (Lipinski definition) is 2. The van der Waals surface area contributed by atoms with Crippen molar-refractivity contribution in [1.29, 1.82) is 0 Å². The molecule has 3 nitrogen and oxygen atoms in total. The third-order valence-corrected chi connectivity index (χ3v) is 3.64. The first-order chi connectivity index (χ1) is 6.72. The Morgan fingerprint density at radius 3 is 2.57 bits per heavy atom. The summed E-state index contributed by atoms with van der Waals surface area (Å²) in [5.74, 6) is 0. The van der Waals surface area contributed by atoms with E-state index in [1.165, 1.54) is 19.3 Å². The molecule has 0 atom stereocenters. The van der Waals surface area contributed by atoms with Gasteiger partial charge in [0.1, 0.15) is 0 Å². The van der Waals surface area contributed by atoms with Gasteiger partial charge in [0, 0.05) is 6.54 Å². The summed E-state index contributed by atoms with van der Waals surface area (Å²) in [5.41, 5.74) is 0.427. The lowest BCUT2D eigenvalue weighted by molar-refractivity contribution is 0.174. The van der Waals surface area contributed by atoms with Crippen LogP contribution in [-0.4, -0.2) is 36.5 Å². The molecule has 2 aliphatic rings. The van der Waals surface area contributed by atoms with E-state index in [0.717, 1.165) is 19.6 Å². The topological polar surface area (TPSA) is 35.5 Å². The third kappa shape index (κ3) is 1.96. The predicted molar refractivity (Wildman–Crippen MR) is 58.8 cm³/mol. The second-order valence-electron chi connectivity index (χ2n) is 4.57. The molecule has 0 bridgehead atoms. The van der Waals surface area contributed by atoms with Crippen molar-refractivity contribution in [2.75, 3.05) is 19.6 Å². The molecule has 0 aromatic rings. The Morgan fingerprint density at radius 1 is 1.36 bits per heavy atom. The molecule has 0 amide bonds. The largest absolute Gasteiger partial charge is 0.437 e. The van der Waals surface area contributed by atoms with Gasteiger partial charge in [-0.15, -0.1) is 0 Å². The van der Waals surface area contributed by atoms with E-state index >= 15 is 0 Å². The van der Waals surface area contributed by atoms with Crippen LogP contribution in [0.1, 0.15) is 19.3 Å². The van der Waals surface area contributed by atoms with Gasteiger partial charge in [-0.3, -0.25) is 0 Å². The molecule has 78 valence electrons. The standard InChI is InChI=1S/C10H19BN2O/c1-11(14)13-8-4-10(5-9-13)2-6-12-7-3-10/h2,6,12,14H,3-5,7-9H2,1H3. The fourth-order valence-electron chi connectivity index (χ4n) is 2.48. The Labute approximate surface area is 86.3 Å². The van der Waals surface area contributed by atoms with Gasteiger partial charge in [0.15, 0.2) is 0 Å². The van der Waals surface area contributed by atoms with Crippen molar-refractivity contribution < 1.29 is 5.02 Å². The van der Waals surface area contributed by atoms with Gasteiger partial charge in [-0.1, -0.05) is 6.08 Å². The van der Waals surface area contributed by atoms with Gasteiger partial charge in [-0.2, -0.15) is 0 Å². The van der Waals surface area contributed by atoms with Crippen LogP contribution in [-0.2, 0) is 0 Å². The molecule has 0 aromatic heterocycles. The summed E-state index contributed by atoms with van der Waals surface area (Å²) < 4.78 is 0. The fraction of sp³-hybridized carbons (Fsp3) is 0.800. The Balaban J connectivity index is 1.94. The molecule has 2 N–H and O–H groups in total. The zero-order valence-electron chi connectivity index (χ0n) is 8.87. The average molecular weight is 194 g/mol. The molecule has 1 spiro atoms. The molecule has 0 aromatic carbocycles. The molecule has 0 radical (unpaired) electrons. The van der Waals surface area contributed by atoms with Crippen molar-refractivity contribution in [3.63, 3.8) is 0 Å². The van der Waals surface area contributed by atoms with Crippen LogP contribution in [0.2, 0.25) is 6.82 Å². The van der Waals surface area contributed by atoms with Crippen molar-refractivity contribution >= 4 is 7.05 Å². The maximum Gasteiger partial charge on any atom is 0.376 e. The van der Waals surface area contributed by atoms with Crippen LogP contribution < -0.4 is 5.32 Å². The monoisotopic (exact) mass is 194 g/mol. The van der Waals surface area contributed by atoms with Crippen molar-refractivity contribution in [2.24, 2.45) is 5.41 Å². The van der Waals surface area contributed by atoms with E-state index < -0.39 is 0 Å². The molecule has 0 unspecified atom stereocenters. The highest BCUT2D eigenvalue weighted by Crippen LogP contribution is 2.37. The number of nitrogens with zero attached hydrogens (tertiary/aromatic N) is 1. The summed E-state index contributed by atoms with van der Waals surface area (Å²) in [7, 11) is -0.280. The maximum atomic E-state index is 9.46. The minimum absolute atomic E-state index is 0.280. The summed E-state index contributed by atoms with van der Waals surface area (Å²) in [6.07, 6.45) is 8.06. The van der Waals surface area contributed by atoms with E-state index in [0.29, 0.717) is 5.41 Å². The van der Waals surface area contributed by atoms with Crippen LogP contribution in [0.15, 0.2) is 12.3 Å². The first kappa shape index (κ1) is 10.1. The number of rotatable bonds is 1. The highest BCUT2D eigenvalue weighted by molar-refractivity contribution is 6.45. The molecular weight excluding hydrogens is 175 g/mol. The smallest absolute Gasteiger partial charge is 0.376 e. The van der Waals surface area contributed by atoms with Crippen LogP contribution in [0, 0.1) is 5.41 Å². The van der Waals surface area contributed by atoms with Crippen LogP contribution in [0.3, 0.4) is 0 Å². The minimum Gasteiger partial charge on any atom is -0.437 e. The lowest BCUT2D eigenvalue weighted by atomic mass is 9.71. The van der Waals surface area contributed by atoms with Gasteiger partial charge >= 0.3 is 7.05 Å². The third-order valence-electron chi connectivity index (χ3n) is 3.64. The van der Waals surface area contributed by atoms with Crippen LogP contribution in [0.4, 0.5) is 0 Å². The molecule has 2 rings (SSSR count). The first-order valence-electron chi connectivity index (χ1n) is 5.55. The summed E-state index contributed by atoms with van der Waals surface area (Å²) >= 11 is 0. The highest BCUT2D eigenvalue weighted by Gasteiger charge is 2.34. The summed E-state index contributed by atoms with van der Waals surface area (Å²) in [4.78, 5) is 2.15. The van der Waals surface area contributed by atoms with Crippen LogP contribution in [0.25, 0.3) is 0 Å². The van der Waals surface area contributed by atoms with Gasteiger partial charge in [0.05, 0.1) is 0 Å². The van der Waals surface area contributed by atoms with Crippen LogP contribution in [0.5, 0.6) is 0 Å². The first-order valence-corrected chi connectivity index (χ1v) is 5.55. The SMILES string of the molecule is CB(O)N1CCC2(C=CNCC2)CC1. The van der Waals surface area contributed by atoms with E-state index in [1.54, 1.807) is 0 Å². The second kappa shape index (κ2) is 3.95. The zero-order valence-corrected chi connectivity index (χ0v) is 8.87. The quantitative estimate of drug-likeness (QED) is 0.602. The molecule has 0 saturated carbocycles. The van der Waals surface area contributed by atoms with Crippen molar-refractivity contribution in [3.8, 4) is 0 Å². The van der Waals surface area contributed by atoms with Crippen LogP contribution >= 0.6 is 0 Å². The molecule has 4 heteroatoms. The van der Waals surface area contributed by atoms with Crippen molar-refractivity contribution in [1.82, 2.24) is 10.1 Å². The summed E-state index contributed by atoms with van der Waals surface area (Å²) in [6.45, 7) is 5.02. The fourth-order valence-corrected chi connectivity index (χ4v) is 2.48. The Bertz CT molecular complexity index is 222. The molecule has 1 saturated heterocycles. The van der Waals surface area contributed by atoms with Gasteiger partial charge < -0.3 is 15.2 Å². The maximum absolute atomic E-state index is 9.46. The average Bonchev–Trinajstić information content (AvgIpc) is 2.19. The highest BCUT2D eigenvalue weighted by atomic mass is 16.2. The molecule has 2 aliphatic heterocycles. The number of hydrogen-bond acceptors (Lipinski definition) is 3. The lowest BCUT2D eigenvalue weighted by Crippen LogP contribution is -2.47. The molecule has 0 aliphatic carbocycles. The number of allylic oxidation sites excluding steroid dienone is 1. The van der Waals surface area contributed by atoms with E-state index in [2.05, 4.69) is 22.4 Å². The Kier molecular flexibility index (Phi) is 2.84. The van der Waals surface area contributed by atoms with E-state index in [4.69, 9.17) is 0 Å². The number of nitrogens with one attached hydrogen (secondary N) is 1. The van der Waals surface area contributed by atoms with Crippen molar-refractivity contribution in [3.05, 3.63) is 12.3 Å².